The van der Waals surface area contributed by atoms with Crippen molar-refractivity contribution in [1.82, 2.24) is 10.6 Å². The topological polar surface area (TPSA) is 103 Å². The lowest BCUT2D eigenvalue weighted by Gasteiger charge is -2.08. The van der Waals surface area contributed by atoms with Crippen LogP contribution in [-0.4, -0.2) is 70.3 Å². The van der Waals surface area contributed by atoms with E-state index >= 15 is 0 Å². The minimum atomic E-state index is -0.0664. The quantitative estimate of drug-likeness (QED) is 0.249. The van der Waals surface area contributed by atoms with Crippen molar-refractivity contribution in [2.45, 2.75) is 72.1 Å². The molecule has 0 aromatic heterocycles. The number of unbranched alkanes of at least 4 members (excludes halogenated alkanes) is 1. The lowest BCUT2D eigenvalue weighted by atomic mass is 10.1. The van der Waals surface area contributed by atoms with Gasteiger partial charge in [0.05, 0.1) is 39.6 Å². The number of carbonyl (C=O) groups excluding carboxylic acids is 3. The summed E-state index contributed by atoms with van der Waals surface area (Å²) in [6.07, 6.45) is 5.59. The second kappa shape index (κ2) is 21.7. The van der Waals surface area contributed by atoms with Crippen molar-refractivity contribution in [3.8, 4) is 0 Å². The Morgan fingerprint density at radius 2 is 1.23 bits per heavy atom. The van der Waals surface area contributed by atoms with Crippen LogP contribution in [0, 0.1) is 5.92 Å². The lowest BCUT2D eigenvalue weighted by molar-refractivity contribution is -0.123. The SMILES string of the molecule is CCC(=O)CCOCCOCCOCCNC(=O)CCCC(=O)NCCCCC(C)C. The van der Waals surface area contributed by atoms with Gasteiger partial charge in [0.25, 0.3) is 0 Å². The summed E-state index contributed by atoms with van der Waals surface area (Å²) < 4.78 is 16.1. The van der Waals surface area contributed by atoms with Gasteiger partial charge in [0.2, 0.25) is 11.8 Å². The zero-order valence-electron chi connectivity index (χ0n) is 19.8. The number of Topliss-reactive ketones (excluding diaryl/α,β-unsaturated/α-hetero) is 1. The molecule has 182 valence electrons. The first-order valence-corrected chi connectivity index (χ1v) is 11.7. The molecule has 0 atom stereocenters. The highest BCUT2D eigenvalue weighted by Crippen LogP contribution is 2.05. The summed E-state index contributed by atoms with van der Waals surface area (Å²) in [7, 11) is 0. The number of rotatable bonds is 22. The Labute approximate surface area is 188 Å². The maximum absolute atomic E-state index is 11.8. The van der Waals surface area contributed by atoms with Crippen LogP contribution in [0.15, 0.2) is 0 Å². The van der Waals surface area contributed by atoms with Crippen molar-refractivity contribution < 1.29 is 28.6 Å². The highest BCUT2D eigenvalue weighted by Gasteiger charge is 2.05. The summed E-state index contributed by atoms with van der Waals surface area (Å²) in [6.45, 7) is 10.1. The van der Waals surface area contributed by atoms with Crippen molar-refractivity contribution >= 4 is 17.6 Å². The van der Waals surface area contributed by atoms with Gasteiger partial charge in [-0.2, -0.15) is 0 Å². The Kier molecular flexibility index (Phi) is 20.7. The average Bonchev–Trinajstić information content (AvgIpc) is 2.73. The molecule has 0 saturated carbocycles. The maximum atomic E-state index is 11.8. The fourth-order valence-electron chi connectivity index (χ4n) is 2.66. The molecule has 0 heterocycles. The molecular weight excluding hydrogens is 400 g/mol. The van der Waals surface area contributed by atoms with Crippen LogP contribution < -0.4 is 10.6 Å². The van der Waals surface area contributed by atoms with Crippen LogP contribution in [0.4, 0.5) is 0 Å². The van der Waals surface area contributed by atoms with E-state index in [2.05, 4.69) is 24.5 Å². The smallest absolute Gasteiger partial charge is 0.220 e. The van der Waals surface area contributed by atoms with E-state index < -0.39 is 0 Å². The van der Waals surface area contributed by atoms with E-state index in [4.69, 9.17) is 14.2 Å². The van der Waals surface area contributed by atoms with Gasteiger partial charge >= 0.3 is 0 Å². The molecule has 0 aromatic rings. The number of ether oxygens (including phenoxy) is 3. The highest BCUT2D eigenvalue weighted by molar-refractivity contribution is 5.79. The molecule has 2 amide bonds. The zero-order valence-corrected chi connectivity index (χ0v) is 19.8. The third-order valence-corrected chi connectivity index (χ3v) is 4.57. The van der Waals surface area contributed by atoms with Crippen LogP contribution in [0.5, 0.6) is 0 Å². The van der Waals surface area contributed by atoms with Crippen molar-refractivity contribution in [2.24, 2.45) is 5.92 Å². The summed E-state index contributed by atoms with van der Waals surface area (Å²) in [5.41, 5.74) is 0. The molecule has 0 aliphatic rings. The van der Waals surface area contributed by atoms with Crippen LogP contribution in [0.1, 0.15) is 72.1 Å². The monoisotopic (exact) mass is 444 g/mol. The summed E-state index contributed by atoms with van der Waals surface area (Å²) in [6, 6.07) is 0. The summed E-state index contributed by atoms with van der Waals surface area (Å²) in [5.74, 6) is 0.853. The molecule has 0 rings (SSSR count). The fourth-order valence-corrected chi connectivity index (χ4v) is 2.66. The first-order valence-electron chi connectivity index (χ1n) is 11.7. The Balaban J connectivity index is 3.32. The minimum Gasteiger partial charge on any atom is -0.379 e. The molecular formula is C23H44N2O6. The molecule has 8 nitrogen and oxygen atoms in total. The fraction of sp³-hybridized carbons (Fsp3) is 0.870. The first kappa shape index (κ1) is 29.5. The molecule has 0 aliphatic carbocycles. The second-order valence-corrected chi connectivity index (χ2v) is 7.92. The van der Waals surface area contributed by atoms with Gasteiger partial charge in [-0.05, 0) is 18.8 Å². The van der Waals surface area contributed by atoms with Crippen LogP contribution in [0.3, 0.4) is 0 Å². The first-order chi connectivity index (χ1) is 15.0. The average molecular weight is 445 g/mol. The number of hydrogen-bond donors (Lipinski definition) is 2. The molecule has 0 bridgehead atoms. The Morgan fingerprint density at radius 1 is 0.677 bits per heavy atom. The van der Waals surface area contributed by atoms with Gasteiger partial charge in [-0.3, -0.25) is 14.4 Å². The summed E-state index contributed by atoms with van der Waals surface area (Å²) >= 11 is 0. The van der Waals surface area contributed by atoms with E-state index in [1.165, 1.54) is 6.42 Å². The van der Waals surface area contributed by atoms with Crippen molar-refractivity contribution in [3.05, 3.63) is 0 Å². The molecule has 31 heavy (non-hydrogen) atoms. The van der Waals surface area contributed by atoms with Crippen LogP contribution in [-0.2, 0) is 28.6 Å². The minimum absolute atomic E-state index is 0.0144. The highest BCUT2D eigenvalue weighted by atomic mass is 16.5. The number of hydrogen-bond acceptors (Lipinski definition) is 6. The molecule has 0 spiro atoms. The molecule has 0 aliphatic heterocycles. The lowest BCUT2D eigenvalue weighted by Crippen LogP contribution is -2.28. The van der Waals surface area contributed by atoms with Crippen LogP contribution in [0.25, 0.3) is 0 Å². The number of nitrogens with one attached hydrogen (secondary N) is 2. The Hall–Kier alpha value is -1.51. The second-order valence-electron chi connectivity index (χ2n) is 7.92. The molecule has 2 N–H and O–H groups in total. The van der Waals surface area contributed by atoms with Crippen molar-refractivity contribution in [2.75, 3.05) is 52.7 Å². The predicted octanol–water partition coefficient (Wildman–Crippen LogP) is 2.63. The van der Waals surface area contributed by atoms with Gasteiger partial charge < -0.3 is 24.8 Å². The van der Waals surface area contributed by atoms with Gasteiger partial charge in [-0.1, -0.05) is 33.6 Å². The molecule has 8 heteroatoms. The van der Waals surface area contributed by atoms with Crippen molar-refractivity contribution in [1.29, 1.82) is 0 Å². The summed E-state index contributed by atoms with van der Waals surface area (Å²) in [5, 5.41) is 5.69. The molecule has 0 fully saturated rings. The third kappa shape index (κ3) is 23.0. The predicted molar refractivity (Wildman–Crippen MR) is 121 cm³/mol. The van der Waals surface area contributed by atoms with E-state index in [9.17, 15) is 14.4 Å². The van der Waals surface area contributed by atoms with E-state index in [0.29, 0.717) is 90.8 Å². The molecule has 0 unspecified atom stereocenters. The largest absolute Gasteiger partial charge is 0.379 e. The standard InChI is InChI=1S/C23H44N2O6/c1-4-21(26)11-14-29-16-18-31-19-17-30-15-13-25-23(28)10-7-9-22(27)24-12-6-5-8-20(2)3/h20H,4-19H2,1-3H3,(H,24,27)(H,25,28). The maximum Gasteiger partial charge on any atom is 0.220 e. The van der Waals surface area contributed by atoms with Gasteiger partial charge in [-0.25, -0.2) is 0 Å². The number of carbonyl (C=O) groups is 3. The van der Waals surface area contributed by atoms with Gasteiger partial charge in [0, 0.05) is 38.8 Å². The van der Waals surface area contributed by atoms with E-state index in [1.54, 1.807) is 0 Å². The zero-order chi connectivity index (χ0) is 23.2. The van der Waals surface area contributed by atoms with Gasteiger partial charge in [-0.15, -0.1) is 0 Å². The van der Waals surface area contributed by atoms with E-state index in [1.807, 2.05) is 6.92 Å². The van der Waals surface area contributed by atoms with Crippen LogP contribution >= 0.6 is 0 Å². The molecule has 0 radical (unpaired) electrons. The van der Waals surface area contributed by atoms with Gasteiger partial charge in [0.1, 0.15) is 5.78 Å². The molecule has 0 aromatic carbocycles. The van der Waals surface area contributed by atoms with Crippen molar-refractivity contribution in [3.63, 3.8) is 0 Å². The van der Waals surface area contributed by atoms with Crippen LogP contribution in [0.2, 0.25) is 0 Å². The van der Waals surface area contributed by atoms with E-state index in [-0.39, 0.29) is 17.6 Å². The van der Waals surface area contributed by atoms with Gasteiger partial charge in [0.15, 0.2) is 0 Å². The Morgan fingerprint density at radius 3 is 1.81 bits per heavy atom. The number of amides is 2. The normalized spacial score (nSPS) is 11.0. The van der Waals surface area contributed by atoms with E-state index in [0.717, 1.165) is 12.8 Å². The third-order valence-electron chi connectivity index (χ3n) is 4.57. The molecule has 0 saturated heterocycles. The Bertz CT molecular complexity index is 471. The number of ketones is 1. The summed E-state index contributed by atoms with van der Waals surface area (Å²) in [4.78, 5) is 34.6.